The molecule has 0 aliphatic carbocycles. The highest BCUT2D eigenvalue weighted by molar-refractivity contribution is 6.30. The molecular weight excluding hydrogens is 346 g/mol. The van der Waals surface area contributed by atoms with Crippen LogP contribution < -0.4 is 15.5 Å². The molecule has 25 heavy (non-hydrogen) atoms. The fourth-order valence-corrected chi connectivity index (χ4v) is 1.97. The Morgan fingerprint density at radius 2 is 2.00 bits per heavy atom. The van der Waals surface area contributed by atoms with E-state index in [1.165, 1.54) is 12.3 Å². The van der Waals surface area contributed by atoms with Gasteiger partial charge in [0, 0.05) is 16.8 Å². The molecule has 2 rings (SSSR count). The first-order valence-electron chi connectivity index (χ1n) is 7.88. The zero-order valence-corrected chi connectivity index (χ0v) is 14.8. The number of halogens is 1. The van der Waals surface area contributed by atoms with E-state index in [2.05, 4.69) is 19.2 Å². The predicted molar refractivity (Wildman–Crippen MR) is 95.2 cm³/mol. The van der Waals surface area contributed by atoms with Crippen LogP contribution in [0.4, 0.5) is 10.5 Å². The van der Waals surface area contributed by atoms with Crippen LogP contribution in [0, 0.1) is 5.92 Å². The van der Waals surface area contributed by atoms with Crippen LogP contribution in [0.3, 0.4) is 0 Å². The van der Waals surface area contributed by atoms with Gasteiger partial charge in [-0.3, -0.25) is 10.1 Å². The lowest BCUT2D eigenvalue weighted by Crippen LogP contribution is -2.15. The van der Waals surface area contributed by atoms with Gasteiger partial charge >= 0.3 is 6.09 Å². The molecule has 0 saturated carbocycles. The molecule has 134 valence electrons. The van der Waals surface area contributed by atoms with Crippen LogP contribution in [0.25, 0.3) is 0 Å². The molecule has 0 radical (unpaired) electrons. The summed E-state index contributed by atoms with van der Waals surface area (Å²) in [6, 6.07) is 7.84. The van der Waals surface area contributed by atoms with Gasteiger partial charge in [0.15, 0.2) is 6.61 Å². The fraction of sp³-hybridized carbons (Fsp3) is 0.333. The molecule has 1 aromatic carbocycles. The van der Waals surface area contributed by atoms with Crippen molar-refractivity contribution in [3.8, 4) is 5.75 Å². The predicted octanol–water partition coefficient (Wildman–Crippen LogP) is 4.47. The lowest BCUT2D eigenvalue weighted by Gasteiger charge is -2.08. The lowest BCUT2D eigenvalue weighted by molar-refractivity contribution is 0.144. The molecule has 0 saturated heterocycles. The third-order valence-corrected chi connectivity index (χ3v) is 3.49. The molecule has 0 spiro atoms. The molecule has 7 heteroatoms. The van der Waals surface area contributed by atoms with E-state index >= 15 is 0 Å². The average molecular weight is 366 g/mol. The summed E-state index contributed by atoms with van der Waals surface area (Å²) in [5.74, 6) is 0.862. The minimum Gasteiger partial charge on any atom is -0.487 e. The first-order chi connectivity index (χ1) is 11.9. The second-order valence-corrected chi connectivity index (χ2v) is 6.25. The molecule has 0 fully saturated rings. The Kier molecular flexibility index (Phi) is 6.89. The molecule has 0 aliphatic heterocycles. The number of hydrogen-bond acceptors (Lipinski definition) is 5. The van der Waals surface area contributed by atoms with Crippen molar-refractivity contribution < 1.29 is 18.7 Å². The molecular formula is C18H20ClNO5. The highest BCUT2D eigenvalue weighted by Crippen LogP contribution is 2.14. The third kappa shape index (κ3) is 6.51. The highest BCUT2D eigenvalue weighted by Gasteiger charge is 2.08. The molecule has 0 unspecified atom stereocenters. The quantitative estimate of drug-likeness (QED) is 0.783. The first-order valence-corrected chi connectivity index (χ1v) is 8.25. The van der Waals surface area contributed by atoms with Crippen molar-refractivity contribution in [2.75, 3.05) is 11.9 Å². The topological polar surface area (TPSA) is 77.8 Å². The molecule has 1 aromatic heterocycles. The van der Waals surface area contributed by atoms with E-state index in [1.54, 1.807) is 24.3 Å². The van der Waals surface area contributed by atoms with Crippen LogP contribution in [0.2, 0.25) is 5.02 Å². The fourth-order valence-electron chi connectivity index (χ4n) is 1.85. The Balaban J connectivity index is 1.84. The SMILES string of the molecule is CC(C)CCOc1coc(COC(=O)Nc2ccc(Cl)cc2)cc1=O. The van der Waals surface area contributed by atoms with Crippen molar-refractivity contribution in [2.45, 2.75) is 26.9 Å². The van der Waals surface area contributed by atoms with E-state index < -0.39 is 6.09 Å². The Labute approximate surface area is 150 Å². The number of benzene rings is 1. The van der Waals surface area contributed by atoms with Crippen molar-refractivity contribution in [1.82, 2.24) is 0 Å². The van der Waals surface area contributed by atoms with Crippen molar-refractivity contribution in [3.63, 3.8) is 0 Å². The molecule has 1 amide bonds. The highest BCUT2D eigenvalue weighted by atomic mass is 35.5. The van der Waals surface area contributed by atoms with Gasteiger partial charge in [0.05, 0.1) is 6.61 Å². The molecule has 0 atom stereocenters. The van der Waals surface area contributed by atoms with E-state index in [0.717, 1.165) is 6.42 Å². The van der Waals surface area contributed by atoms with Gasteiger partial charge in [0.1, 0.15) is 12.0 Å². The van der Waals surface area contributed by atoms with Gasteiger partial charge in [-0.25, -0.2) is 4.79 Å². The summed E-state index contributed by atoms with van der Waals surface area (Å²) in [6.07, 6.45) is 1.41. The number of hydrogen-bond donors (Lipinski definition) is 1. The van der Waals surface area contributed by atoms with Gasteiger partial charge in [-0.2, -0.15) is 0 Å². The van der Waals surface area contributed by atoms with Gasteiger partial charge in [0.2, 0.25) is 11.2 Å². The van der Waals surface area contributed by atoms with Crippen LogP contribution in [-0.2, 0) is 11.3 Å². The van der Waals surface area contributed by atoms with Crippen LogP contribution in [0.15, 0.2) is 45.8 Å². The number of carbonyl (C=O) groups excluding carboxylic acids is 1. The zero-order valence-electron chi connectivity index (χ0n) is 14.1. The smallest absolute Gasteiger partial charge is 0.412 e. The van der Waals surface area contributed by atoms with Gasteiger partial charge in [-0.1, -0.05) is 25.4 Å². The van der Waals surface area contributed by atoms with Gasteiger partial charge < -0.3 is 13.9 Å². The van der Waals surface area contributed by atoms with E-state index in [1.807, 2.05) is 0 Å². The third-order valence-electron chi connectivity index (χ3n) is 3.24. The maximum Gasteiger partial charge on any atom is 0.412 e. The minimum atomic E-state index is -0.665. The Morgan fingerprint density at radius 3 is 2.64 bits per heavy atom. The summed E-state index contributed by atoms with van der Waals surface area (Å²) in [5.41, 5.74) is 0.233. The Bertz CT molecular complexity index is 755. The first kappa shape index (κ1) is 18.9. The van der Waals surface area contributed by atoms with Gasteiger partial charge in [-0.15, -0.1) is 0 Å². The number of ether oxygens (including phenoxy) is 2. The molecule has 6 nitrogen and oxygen atoms in total. The molecule has 0 aliphatic rings. The number of amides is 1. The van der Waals surface area contributed by atoms with E-state index in [9.17, 15) is 9.59 Å². The van der Waals surface area contributed by atoms with Crippen LogP contribution >= 0.6 is 11.6 Å². The molecule has 0 bridgehead atoms. The minimum absolute atomic E-state index is 0.148. The van der Waals surface area contributed by atoms with Crippen LogP contribution in [0.1, 0.15) is 26.0 Å². The maximum atomic E-state index is 11.9. The number of rotatable bonds is 7. The molecule has 2 aromatic rings. The zero-order chi connectivity index (χ0) is 18.2. The van der Waals surface area contributed by atoms with Crippen molar-refractivity contribution in [1.29, 1.82) is 0 Å². The van der Waals surface area contributed by atoms with Crippen molar-refractivity contribution in [3.05, 3.63) is 57.6 Å². The van der Waals surface area contributed by atoms with Gasteiger partial charge in [0.25, 0.3) is 0 Å². The van der Waals surface area contributed by atoms with E-state index in [4.69, 9.17) is 25.5 Å². The number of nitrogens with one attached hydrogen (secondary N) is 1. The largest absolute Gasteiger partial charge is 0.487 e. The summed E-state index contributed by atoms with van der Waals surface area (Å²) < 4.78 is 15.7. The molecule has 1 heterocycles. The summed E-state index contributed by atoms with van der Waals surface area (Å²) in [6.45, 7) is 4.42. The molecule has 1 N–H and O–H groups in total. The Hall–Kier alpha value is -2.47. The number of anilines is 1. The average Bonchev–Trinajstić information content (AvgIpc) is 2.56. The summed E-state index contributed by atoms with van der Waals surface area (Å²) >= 11 is 5.77. The number of carbonyl (C=O) groups is 1. The van der Waals surface area contributed by atoms with E-state index in [-0.39, 0.29) is 23.5 Å². The summed E-state index contributed by atoms with van der Waals surface area (Å²) in [4.78, 5) is 23.6. The summed E-state index contributed by atoms with van der Waals surface area (Å²) in [7, 11) is 0. The standard InChI is InChI=1S/C18H20ClNO5/c1-12(2)7-8-23-17-11-24-15(9-16(17)21)10-25-18(22)20-14-5-3-13(19)4-6-14/h3-6,9,11-12H,7-8,10H2,1-2H3,(H,20,22). The Morgan fingerprint density at radius 1 is 1.28 bits per heavy atom. The summed E-state index contributed by atoms with van der Waals surface area (Å²) in [5, 5.41) is 3.11. The second kappa shape index (κ2) is 9.13. The second-order valence-electron chi connectivity index (χ2n) is 5.81. The van der Waals surface area contributed by atoms with Crippen LogP contribution in [-0.4, -0.2) is 12.7 Å². The van der Waals surface area contributed by atoms with Crippen LogP contribution in [0.5, 0.6) is 5.75 Å². The van der Waals surface area contributed by atoms with Crippen molar-refractivity contribution >= 4 is 23.4 Å². The van der Waals surface area contributed by atoms with E-state index in [0.29, 0.717) is 23.2 Å². The lowest BCUT2D eigenvalue weighted by atomic mass is 10.1. The normalized spacial score (nSPS) is 10.6. The maximum absolute atomic E-state index is 11.9. The van der Waals surface area contributed by atoms with Gasteiger partial charge in [-0.05, 0) is 36.6 Å². The monoisotopic (exact) mass is 365 g/mol. The van der Waals surface area contributed by atoms with Crippen molar-refractivity contribution in [2.24, 2.45) is 5.92 Å².